The third-order valence-electron chi connectivity index (χ3n) is 3.13. The van der Waals surface area contributed by atoms with E-state index in [1.807, 2.05) is 24.3 Å². The molecule has 2 amide bonds. The molecule has 2 N–H and O–H groups in total. The fourth-order valence-electron chi connectivity index (χ4n) is 1.96. The van der Waals surface area contributed by atoms with E-state index >= 15 is 0 Å². The van der Waals surface area contributed by atoms with Gasteiger partial charge in [0, 0.05) is 12.7 Å². The summed E-state index contributed by atoms with van der Waals surface area (Å²) in [7, 11) is 1.52. The van der Waals surface area contributed by atoms with Gasteiger partial charge in [0.15, 0.2) is 0 Å². The molecule has 0 atom stereocenters. The van der Waals surface area contributed by atoms with Crippen LogP contribution in [-0.4, -0.2) is 43.4 Å². The summed E-state index contributed by atoms with van der Waals surface area (Å²) < 4.78 is 0. The molecule has 1 aromatic carbocycles. The maximum Gasteiger partial charge on any atom is 0.248 e. The molecule has 18 heavy (non-hydrogen) atoms. The van der Waals surface area contributed by atoms with Crippen LogP contribution in [0.25, 0.3) is 0 Å². The van der Waals surface area contributed by atoms with Gasteiger partial charge in [-0.1, -0.05) is 12.1 Å². The maximum atomic E-state index is 11.6. The first-order valence-corrected chi connectivity index (χ1v) is 5.95. The Morgan fingerprint density at radius 1 is 1.11 bits per heavy atom. The summed E-state index contributed by atoms with van der Waals surface area (Å²) in [5, 5.41) is 0. The lowest BCUT2D eigenvalue weighted by Crippen LogP contribution is -2.52. The predicted octanol–water partition coefficient (Wildman–Crippen LogP) is -0.00720. The summed E-state index contributed by atoms with van der Waals surface area (Å²) in [5.74, 6) is -0.338. The second kappa shape index (κ2) is 5.18. The molecule has 0 radical (unpaired) electrons. The average Bonchev–Trinajstić information content (AvgIpc) is 2.37. The Kier molecular flexibility index (Phi) is 3.62. The number of likely N-dealkylation sites (N-methyl/N-ethyl adjacent to an activating group) is 1. The summed E-state index contributed by atoms with van der Waals surface area (Å²) in [5.41, 5.74) is 7.54. The van der Waals surface area contributed by atoms with Crippen molar-refractivity contribution in [2.24, 2.45) is 5.73 Å². The molecular weight excluding hydrogens is 230 g/mol. The van der Waals surface area contributed by atoms with Crippen LogP contribution in [0.5, 0.6) is 0 Å². The van der Waals surface area contributed by atoms with Crippen molar-refractivity contribution in [1.29, 1.82) is 0 Å². The smallest absolute Gasteiger partial charge is 0.248 e. The molecule has 0 aromatic heterocycles. The molecule has 1 aromatic rings. The van der Waals surface area contributed by atoms with Crippen LogP contribution in [0.4, 0.5) is 5.69 Å². The van der Waals surface area contributed by atoms with E-state index in [4.69, 9.17) is 5.73 Å². The minimum Gasteiger partial charge on any atom is -0.353 e. The van der Waals surface area contributed by atoms with Gasteiger partial charge >= 0.3 is 0 Å². The number of benzene rings is 1. The predicted molar refractivity (Wildman–Crippen MR) is 69.2 cm³/mol. The minimum absolute atomic E-state index is 0.169. The van der Waals surface area contributed by atoms with Crippen molar-refractivity contribution in [3.05, 3.63) is 29.8 Å². The molecule has 1 fully saturated rings. The quantitative estimate of drug-likeness (QED) is 0.763. The molecule has 2 rings (SSSR count). The molecule has 0 bridgehead atoms. The number of carbonyl (C=O) groups is 2. The summed E-state index contributed by atoms with van der Waals surface area (Å²) in [6.07, 6.45) is 0.834. The Bertz CT molecular complexity index is 438. The van der Waals surface area contributed by atoms with Crippen LogP contribution < -0.4 is 10.6 Å². The normalized spacial score (nSPS) is 16.3. The highest BCUT2D eigenvalue weighted by Crippen LogP contribution is 2.18. The maximum absolute atomic E-state index is 11.6. The molecule has 1 aliphatic rings. The molecule has 0 spiro atoms. The Morgan fingerprint density at radius 2 is 1.67 bits per heavy atom. The zero-order chi connectivity index (χ0) is 13.1. The SMILES string of the molecule is CN1C(=O)CN(c2ccc(CCN)cc2)CC1=O. The number of hydrogen-bond donors (Lipinski definition) is 1. The van der Waals surface area contributed by atoms with Crippen molar-refractivity contribution in [2.75, 3.05) is 31.6 Å². The first-order valence-electron chi connectivity index (χ1n) is 5.95. The molecule has 1 aliphatic heterocycles. The number of rotatable bonds is 3. The highest BCUT2D eigenvalue weighted by molar-refractivity contribution is 6.02. The lowest BCUT2D eigenvalue weighted by molar-refractivity contribution is -0.143. The molecule has 0 saturated carbocycles. The Hall–Kier alpha value is -1.88. The number of hydrogen-bond acceptors (Lipinski definition) is 4. The summed E-state index contributed by atoms with van der Waals surface area (Å²) in [6, 6.07) is 7.82. The van der Waals surface area contributed by atoms with Gasteiger partial charge in [-0.2, -0.15) is 0 Å². The van der Waals surface area contributed by atoms with Crippen LogP contribution in [0.3, 0.4) is 0 Å². The number of imide groups is 1. The highest BCUT2D eigenvalue weighted by Gasteiger charge is 2.27. The third-order valence-corrected chi connectivity index (χ3v) is 3.13. The molecular formula is C13H17N3O2. The number of piperazine rings is 1. The van der Waals surface area contributed by atoms with E-state index in [1.54, 1.807) is 4.90 Å². The van der Waals surface area contributed by atoms with E-state index in [2.05, 4.69) is 0 Å². The zero-order valence-corrected chi connectivity index (χ0v) is 10.4. The van der Waals surface area contributed by atoms with Crippen molar-refractivity contribution >= 4 is 17.5 Å². The van der Waals surface area contributed by atoms with Gasteiger partial charge in [-0.25, -0.2) is 0 Å². The van der Waals surface area contributed by atoms with Crippen molar-refractivity contribution < 1.29 is 9.59 Å². The van der Waals surface area contributed by atoms with Gasteiger partial charge in [-0.15, -0.1) is 0 Å². The molecule has 5 heteroatoms. The van der Waals surface area contributed by atoms with E-state index in [-0.39, 0.29) is 24.9 Å². The Morgan fingerprint density at radius 3 is 2.17 bits per heavy atom. The summed E-state index contributed by atoms with van der Waals surface area (Å²) in [6.45, 7) is 1.11. The highest BCUT2D eigenvalue weighted by atomic mass is 16.2. The second-order valence-electron chi connectivity index (χ2n) is 4.41. The fraction of sp³-hybridized carbons (Fsp3) is 0.385. The monoisotopic (exact) mass is 247 g/mol. The number of amides is 2. The molecule has 1 heterocycles. The summed E-state index contributed by atoms with van der Waals surface area (Å²) >= 11 is 0. The fourth-order valence-corrected chi connectivity index (χ4v) is 1.96. The van der Waals surface area contributed by atoms with E-state index in [9.17, 15) is 9.59 Å². The Labute approximate surface area is 106 Å². The Balaban J connectivity index is 2.12. The molecule has 96 valence electrons. The van der Waals surface area contributed by atoms with Gasteiger partial charge in [0.25, 0.3) is 0 Å². The number of anilines is 1. The molecule has 0 aliphatic carbocycles. The first kappa shape index (κ1) is 12.6. The van der Waals surface area contributed by atoms with Crippen molar-refractivity contribution in [3.8, 4) is 0 Å². The first-order chi connectivity index (χ1) is 8.61. The van der Waals surface area contributed by atoms with Gasteiger partial charge in [0.05, 0.1) is 13.1 Å². The third kappa shape index (κ3) is 2.51. The van der Waals surface area contributed by atoms with Gasteiger partial charge in [-0.05, 0) is 30.7 Å². The average molecular weight is 247 g/mol. The lowest BCUT2D eigenvalue weighted by Gasteiger charge is -2.32. The van der Waals surface area contributed by atoms with E-state index in [0.29, 0.717) is 6.54 Å². The minimum atomic E-state index is -0.169. The van der Waals surface area contributed by atoms with Gasteiger partial charge < -0.3 is 10.6 Å². The van der Waals surface area contributed by atoms with E-state index < -0.39 is 0 Å². The van der Waals surface area contributed by atoms with Gasteiger partial charge in [-0.3, -0.25) is 14.5 Å². The molecule has 1 saturated heterocycles. The zero-order valence-electron chi connectivity index (χ0n) is 10.4. The van der Waals surface area contributed by atoms with Crippen molar-refractivity contribution in [3.63, 3.8) is 0 Å². The number of nitrogens with two attached hydrogens (primary N) is 1. The van der Waals surface area contributed by atoms with Gasteiger partial charge in [0.1, 0.15) is 0 Å². The van der Waals surface area contributed by atoms with Crippen LogP contribution in [0.2, 0.25) is 0 Å². The number of carbonyl (C=O) groups excluding carboxylic acids is 2. The van der Waals surface area contributed by atoms with Crippen LogP contribution >= 0.6 is 0 Å². The van der Waals surface area contributed by atoms with E-state index in [0.717, 1.165) is 17.7 Å². The van der Waals surface area contributed by atoms with Crippen LogP contribution in [0.1, 0.15) is 5.56 Å². The van der Waals surface area contributed by atoms with Crippen molar-refractivity contribution in [1.82, 2.24) is 4.90 Å². The summed E-state index contributed by atoms with van der Waals surface area (Å²) in [4.78, 5) is 26.2. The van der Waals surface area contributed by atoms with Crippen LogP contribution in [0.15, 0.2) is 24.3 Å². The second-order valence-corrected chi connectivity index (χ2v) is 4.41. The van der Waals surface area contributed by atoms with Gasteiger partial charge in [0.2, 0.25) is 11.8 Å². The van der Waals surface area contributed by atoms with E-state index in [1.165, 1.54) is 11.9 Å². The van der Waals surface area contributed by atoms with Crippen LogP contribution in [-0.2, 0) is 16.0 Å². The topological polar surface area (TPSA) is 66.6 Å². The number of nitrogens with zero attached hydrogens (tertiary/aromatic N) is 2. The molecule has 5 nitrogen and oxygen atoms in total. The van der Waals surface area contributed by atoms with Crippen molar-refractivity contribution in [2.45, 2.75) is 6.42 Å². The standard InChI is InChI=1S/C13H17N3O2/c1-15-12(17)8-16(9-13(15)18)11-4-2-10(3-5-11)6-7-14/h2-5H,6-9,14H2,1H3. The van der Waals surface area contributed by atoms with Crippen LogP contribution in [0, 0.1) is 0 Å². The lowest BCUT2D eigenvalue weighted by atomic mass is 10.1. The molecule has 0 unspecified atom stereocenters. The largest absolute Gasteiger partial charge is 0.353 e.